The Hall–Kier alpha value is -0.910. The summed E-state index contributed by atoms with van der Waals surface area (Å²) in [5, 5.41) is 11.0. The average Bonchev–Trinajstić information content (AvgIpc) is 2.00. The molecule has 0 aliphatic carbocycles. The highest BCUT2D eigenvalue weighted by atomic mass is 32.2. The number of hydrogen-bond donors (Lipinski definition) is 2. The molecule has 5 nitrogen and oxygen atoms in total. The maximum atomic E-state index is 11.3. The molecule has 0 radical (unpaired) electrons. The summed E-state index contributed by atoms with van der Waals surface area (Å²) in [5.74, 6) is -1.96. The molecular formula is C9H17NO4S. The third-order valence-electron chi connectivity index (χ3n) is 1.97. The Bertz CT molecular complexity index is 265. The van der Waals surface area contributed by atoms with Crippen molar-refractivity contribution in [3.63, 3.8) is 0 Å². The second-order valence-electron chi connectivity index (χ2n) is 3.72. The first-order chi connectivity index (χ1) is 6.82. The van der Waals surface area contributed by atoms with Crippen molar-refractivity contribution < 1.29 is 18.9 Å². The minimum Gasteiger partial charge on any atom is -0.481 e. The number of carbonyl (C=O) groups excluding carboxylic acids is 1. The van der Waals surface area contributed by atoms with Crippen molar-refractivity contribution in [3.05, 3.63) is 0 Å². The third kappa shape index (κ3) is 7.07. The Morgan fingerprint density at radius 2 is 1.80 bits per heavy atom. The largest absolute Gasteiger partial charge is 0.481 e. The highest BCUT2D eigenvalue weighted by molar-refractivity contribution is 7.86. The number of carboxylic acid groups (broad SMARTS) is 1. The van der Waals surface area contributed by atoms with E-state index in [1.54, 1.807) is 0 Å². The van der Waals surface area contributed by atoms with Crippen molar-refractivity contribution >= 4 is 22.7 Å². The predicted molar refractivity (Wildman–Crippen MR) is 58.0 cm³/mol. The molecule has 2 N–H and O–H groups in total. The zero-order valence-corrected chi connectivity index (χ0v) is 9.97. The third-order valence-corrected chi connectivity index (χ3v) is 3.12. The van der Waals surface area contributed by atoms with E-state index in [1.807, 2.05) is 20.8 Å². The van der Waals surface area contributed by atoms with Gasteiger partial charge in [-0.05, 0) is 12.8 Å². The summed E-state index contributed by atoms with van der Waals surface area (Å²) in [6.45, 7) is 5.76. The van der Waals surface area contributed by atoms with Crippen molar-refractivity contribution in [1.29, 1.82) is 0 Å². The van der Waals surface area contributed by atoms with Crippen LogP contribution in [0.25, 0.3) is 0 Å². The number of nitrogens with one attached hydrogen (secondary N) is 1. The molecule has 0 saturated heterocycles. The van der Waals surface area contributed by atoms with E-state index in [1.165, 1.54) is 0 Å². The van der Waals surface area contributed by atoms with Gasteiger partial charge in [0.05, 0.1) is 0 Å². The van der Waals surface area contributed by atoms with Gasteiger partial charge in [0.25, 0.3) is 0 Å². The van der Waals surface area contributed by atoms with Crippen LogP contribution in [0.4, 0.5) is 0 Å². The Kier molecular flexibility index (Phi) is 6.15. The molecule has 2 atom stereocenters. The Morgan fingerprint density at radius 3 is 2.20 bits per heavy atom. The van der Waals surface area contributed by atoms with Crippen molar-refractivity contribution in [2.75, 3.05) is 11.5 Å². The highest BCUT2D eigenvalue weighted by Crippen LogP contribution is 1.99. The molecular weight excluding hydrogens is 218 g/mol. The number of aliphatic carboxylic acids is 1. The fourth-order valence-electron chi connectivity index (χ4n) is 0.797. The zero-order chi connectivity index (χ0) is 12.0. The van der Waals surface area contributed by atoms with Gasteiger partial charge >= 0.3 is 5.97 Å². The Balaban J connectivity index is 3.93. The first-order valence-corrected chi connectivity index (χ1v) is 6.18. The van der Waals surface area contributed by atoms with Crippen LogP contribution in [0.5, 0.6) is 0 Å². The lowest BCUT2D eigenvalue weighted by Crippen LogP contribution is -2.39. The molecule has 0 saturated carbocycles. The molecule has 2 unspecified atom stereocenters. The molecule has 0 aliphatic heterocycles. The summed E-state index contributed by atoms with van der Waals surface area (Å²) in [6, 6.07) is -0.000622. The fraction of sp³-hybridized carbons (Fsp3) is 0.778. The van der Waals surface area contributed by atoms with E-state index >= 15 is 0 Å². The minimum atomic E-state index is -1.62. The summed E-state index contributed by atoms with van der Waals surface area (Å²) < 4.78 is 11.1. The smallest absolute Gasteiger partial charge is 0.316 e. The van der Waals surface area contributed by atoms with Crippen LogP contribution in [0.3, 0.4) is 0 Å². The molecule has 0 aromatic heterocycles. The van der Waals surface area contributed by atoms with Crippen LogP contribution in [0.2, 0.25) is 0 Å². The molecule has 1 amide bonds. The molecule has 0 spiro atoms. The second-order valence-corrected chi connectivity index (χ2v) is 5.18. The number of amides is 1. The quantitative estimate of drug-likeness (QED) is 0.677. The molecule has 0 fully saturated rings. The Morgan fingerprint density at radius 1 is 1.27 bits per heavy atom. The molecule has 6 heteroatoms. The normalized spacial score (nSPS) is 14.7. The van der Waals surface area contributed by atoms with Gasteiger partial charge in [0.15, 0.2) is 0 Å². The van der Waals surface area contributed by atoms with E-state index in [4.69, 9.17) is 5.11 Å². The summed E-state index contributed by atoms with van der Waals surface area (Å²) >= 11 is 0. The van der Waals surface area contributed by atoms with Crippen LogP contribution in [0.1, 0.15) is 20.8 Å². The van der Waals surface area contributed by atoms with Crippen LogP contribution in [0, 0.1) is 5.92 Å². The number of hydrogen-bond acceptors (Lipinski definition) is 3. The molecule has 0 rings (SSSR count). The lowest BCUT2D eigenvalue weighted by Gasteiger charge is -2.16. The minimum absolute atomic E-state index is 0.000622. The van der Waals surface area contributed by atoms with E-state index in [-0.39, 0.29) is 17.7 Å². The van der Waals surface area contributed by atoms with Crippen LogP contribution in [-0.4, -0.2) is 38.7 Å². The number of rotatable bonds is 6. The molecule has 0 heterocycles. The lowest BCUT2D eigenvalue weighted by molar-refractivity contribution is -0.133. The van der Waals surface area contributed by atoms with Crippen LogP contribution < -0.4 is 5.32 Å². The molecule has 0 bridgehead atoms. The van der Waals surface area contributed by atoms with E-state index in [0.29, 0.717) is 5.92 Å². The van der Waals surface area contributed by atoms with Gasteiger partial charge in [-0.1, -0.05) is 13.8 Å². The van der Waals surface area contributed by atoms with Crippen LogP contribution in [-0.2, 0) is 20.4 Å². The molecule has 0 aromatic rings. The first-order valence-electron chi connectivity index (χ1n) is 4.69. The van der Waals surface area contributed by atoms with Crippen molar-refractivity contribution in [2.45, 2.75) is 26.8 Å². The van der Waals surface area contributed by atoms with Gasteiger partial charge in [0, 0.05) is 16.8 Å². The van der Waals surface area contributed by atoms with Gasteiger partial charge in [-0.25, -0.2) is 0 Å². The summed E-state index contributed by atoms with van der Waals surface area (Å²) in [6.07, 6.45) is 0. The van der Waals surface area contributed by atoms with Gasteiger partial charge in [-0.3, -0.25) is 13.8 Å². The number of carboxylic acids is 1. The van der Waals surface area contributed by atoms with E-state index in [9.17, 15) is 13.8 Å². The standard InChI is InChI=1S/C9H17NO4S/c1-6(2)7(3)10-8(11)4-15(14)5-9(12)13/h6-7H,4-5H2,1-3H3,(H,10,11)(H,12,13). The summed E-state index contributed by atoms with van der Waals surface area (Å²) in [7, 11) is -1.62. The van der Waals surface area contributed by atoms with Crippen molar-refractivity contribution in [1.82, 2.24) is 5.32 Å². The molecule has 15 heavy (non-hydrogen) atoms. The SMILES string of the molecule is CC(C)C(C)NC(=O)CS(=O)CC(=O)O. The molecule has 88 valence electrons. The summed E-state index contributed by atoms with van der Waals surface area (Å²) in [5.41, 5.74) is 0. The molecule has 0 aromatic carbocycles. The average molecular weight is 235 g/mol. The van der Waals surface area contributed by atoms with E-state index in [2.05, 4.69) is 5.32 Å². The van der Waals surface area contributed by atoms with Gasteiger partial charge in [0.2, 0.25) is 5.91 Å². The maximum Gasteiger partial charge on any atom is 0.316 e. The van der Waals surface area contributed by atoms with Crippen LogP contribution in [0.15, 0.2) is 0 Å². The van der Waals surface area contributed by atoms with Crippen molar-refractivity contribution in [2.24, 2.45) is 5.92 Å². The first kappa shape index (κ1) is 14.1. The predicted octanol–water partition coefficient (Wildman–Crippen LogP) is -0.0196. The van der Waals surface area contributed by atoms with Gasteiger partial charge in [-0.2, -0.15) is 0 Å². The summed E-state index contributed by atoms with van der Waals surface area (Å²) in [4.78, 5) is 21.4. The Labute approximate surface area is 91.7 Å². The topological polar surface area (TPSA) is 83.5 Å². The number of carbonyl (C=O) groups is 2. The maximum absolute atomic E-state index is 11.3. The van der Waals surface area contributed by atoms with Gasteiger partial charge in [-0.15, -0.1) is 0 Å². The second kappa shape index (κ2) is 6.55. The van der Waals surface area contributed by atoms with Gasteiger partial charge in [0.1, 0.15) is 11.5 Å². The molecule has 0 aliphatic rings. The zero-order valence-electron chi connectivity index (χ0n) is 9.15. The van der Waals surface area contributed by atoms with E-state index in [0.717, 1.165) is 0 Å². The fourth-order valence-corrected chi connectivity index (χ4v) is 1.55. The van der Waals surface area contributed by atoms with Crippen molar-refractivity contribution in [3.8, 4) is 0 Å². The van der Waals surface area contributed by atoms with Gasteiger partial charge < -0.3 is 10.4 Å². The monoisotopic (exact) mass is 235 g/mol. The van der Waals surface area contributed by atoms with Crippen LogP contribution >= 0.6 is 0 Å². The lowest BCUT2D eigenvalue weighted by atomic mass is 10.1. The highest BCUT2D eigenvalue weighted by Gasteiger charge is 2.14. The van der Waals surface area contributed by atoms with E-state index < -0.39 is 22.5 Å².